The van der Waals surface area contributed by atoms with Crippen LogP contribution in [0.3, 0.4) is 0 Å². The van der Waals surface area contributed by atoms with Crippen molar-refractivity contribution in [2.24, 2.45) is 0 Å². The Bertz CT molecular complexity index is 607. The Hall–Kier alpha value is -0.740. The van der Waals surface area contributed by atoms with Gasteiger partial charge in [0, 0.05) is 16.7 Å². The first kappa shape index (κ1) is 16.6. The molecule has 1 nitrogen and oxygen atoms in total. The minimum atomic E-state index is -0.221. The van der Waals surface area contributed by atoms with Crippen molar-refractivity contribution in [3.05, 3.63) is 63.9 Å². The smallest absolute Gasteiger partial charge is 0.124 e. The Kier molecular flexibility index (Phi) is 6.37. The van der Waals surface area contributed by atoms with Crippen molar-refractivity contribution in [3.63, 3.8) is 0 Å². The van der Waals surface area contributed by atoms with E-state index < -0.39 is 0 Å². The van der Waals surface area contributed by atoms with Crippen LogP contribution >= 0.6 is 35.0 Å². The molecule has 0 saturated heterocycles. The highest BCUT2D eigenvalue weighted by atomic mass is 35.5. The highest BCUT2D eigenvalue weighted by molar-refractivity contribution is 7.99. The van der Waals surface area contributed by atoms with E-state index in [1.165, 1.54) is 12.1 Å². The molecular weight excluding hydrogens is 328 g/mol. The Labute approximate surface area is 138 Å². The summed E-state index contributed by atoms with van der Waals surface area (Å²) in [5.41, 5.74) is 0.968. The molecule has 0 aliphatic heterocycles. The van der Waals surface area contributed by atoms with Crippen molar-refractivity contribution in [2.75, 3.05) is 12.3 Å². The lowest BCUT2D eigenvalue weighted by Gasteiger charge is -2.19. The summed E-state index contributed by atoms with van der Waals surface area (Å²) >= 11 is 14.0. The van der Waals surface area contributed by atoms with Crippen molar-refractivity contribution in [2.45, 2.75) is 17.9 Å². The fraction of sp³-hybridized carbons (Fsp3) is 0.250. The number of thioether (sulfide) groups is 1. The third-order valence-electron chi connectivity index (χ3n) is 3.02. The van der Waals surface area contributed by atoms with Crippen LogP contribution in [0.5, 0.6) is 0 Å². The van der Waals surface area contributed by atoms with Crippen LogP contribution in [0.2, 0.25) is 10.0 Å². The SMILES string of the molecule is CCNC(CSc1cccc(F)c1)c1cccc(Cl)c1Cl. The number of hydrogen-bond donors (Lipinski definition) is 1. The maximum absolute atomic E-state index is 13.2. The normalized spacial score (nSPS) is 12.4. The molecule has 0 aliphatic rings. The van der Waals surface area contributed by atoms with Gasteiger partial charge >= 0.3 is 0 Å². The van der Waals surface area contributed by atoms with Gasteiger partial charge in [-0.1, -0.05) is 48.3 Å². The number of halogens is 3. The zero-order valence-electron chi connectivity index (χ0n) is 11.6. The minimum Gasteiger partial charge on any atom is -0.309 e. The molecule has 1 N–H and O–H groups in total. The van der Waals surface area contributed by atoms with Crippen LogP contribution in [0.15, 0.2) is 47.4 Å². The lowest BCUT2D eigenvalue weighted by Crippen LogP contribution is -2.23. The van der Waals surface area contributed by atoms with Gasteiger partial charge in [-0.25, -0.2) is 4.39 Å². The second-order valence-electron chi connectivity index (χ2n) is 4.52. The predicted molar refractivity (Wildman–Crippen MR) is 90.0 cm³/mol. The van der Waals surface area contributed by atoms with Gasteiger partial charge in [-0.15, -0.1) is 11.8 Å². The highest BCUT2D eigenvalue weighted by Crippen LogP contribution is 2.33. The molecule has 0 spiro atoms. The number of hydrogen-bond acceptors (Lipinski definition) is 2. The van der Waals surface area contributed by atoms with Gasteiger partial charge in [-0.3, -0.25) is 0 Å². The average molecular weight is 344 g/mol. The van der Waals surface area contributed by atoms with E-state index in [1.807, 2.05) is 25.1 Å². The molecule has 21 heavy (non-hydrogen) atoms. The molecule has 0 bridgehead atoms. The number of rotatable bonds is 6. The van der Waals surface area contributed by atoms with E-state index in [4.69, 9.17) is 23.2 Å². The molecule has 5 heteroatoms. The maximum atomic E-state index is 13.2. The summed E-state index contributed by atoms with van der Waals surface area (Å²) in [5, 5.41) is 4.52. The third-order valence-corrected chi connectivity index (χ3v) is 4.94. The fourth-order valence-corrected chi connectivity index (χ4v) is 3.50. The third kappa shape index (κ3) is 4.62. The first-order valence-electron chi connectivity index (χ1n) is 6.67. The van der Waals surface area contributed by atoms with Gasteiger partial charge in [-0.2, -0.15) is 0 Å². The summed E-state index contributed by atoms with van der Waals surface area (Å²) in [6.07, 6.45) is 0. The second-order valence-corrected chi connectivity index (χ2v) is 6.40. The van der Waals surface area contributed by atoms with E-state index in [2.05, 4.69) is 5.32 Å². The zero-order chi connectivity index (χ0) is 15.2. The summed E-state index contributed by atoms with van der Waals surface area (Å²) in [5.74, 6) is 0.526. The molecule has 0 amide bonds. The zero-order valence-corrected chi connectivity index (χ0v) is 13.9. The molecule has 0 saturated carbocycles. The largest absolute Gasteiger partial charge is 0.309 e. The minimum absolute atomic E-state index is 0.0643. The van der Waals surface area contributed by atoms with Crippen LogP contribution in [-0.4, -0.2) is 12.3 Å². The Morgan fingerprint density at radius 3 is 2.67 bits per heavy atom. The Morgan fingerprint density at radius 1 is 1.19 bits per heavy atom. The predicted octanol–water partition coefficient (Wildman–Crippen LogP) is 5.58. The number of nitrogens with one attached hydrogen (secondary N) is 1. The molecule has 1 atom stereocenters. The molecule has 0 fully saturated rings. The van der Waals surface area contributed by atoms with Crippen LogP contribution < -0.4 is 5.32 Å². The van der Waals surface area contributed by atoms with Gasteiger partial charge < -0.3 is 5.32 Å². The monoisotopic (exact) mass is 343 g/mol. The van der Waals surface area contributed by atoms with Crippen molar-refractivity contribution in [1.82, 2.24) is 5.32 Å². The molecular formula is C16H16Cl2FNS. The Morgan fingerprint density at radius 2 is 1.95 bits per heavy atom. The molecule has 0 aliphatic carbocycles. The summed E-state index contributed by atoms with van der Waals surface area (Å²) < 4.78 is 13.2. The maximum Gasteiger partial charge on any atom is 0.124 e. The van der Waals surface area contributed by atoms with E-state index in [0.29, 0.717) is 10.0 Å². The van der Waals surface area contributed by atoms with Gasteiger partial charge in [0.05, 0.1) is 10.0 Å². The Balaban J connectivity index is 2.14. The van der Waals surface area contributed by atoms with Gasteiger partial charge in [0.2, 0.25) is 0 Å². The average Bonchev–Trinajstić information content (AvgIpc) is 2.47. The first-order chi connectivity index (χ1) is 10.1. The van der Waals surface area contributed by atoms with Crippen molar-refractivity contribution in [3.8, 4) is 0 Å². The van der Waals surface area contributed by atoms with Gasteiger partial charge in [0.15, 0.2) is 0 Å². The molecule has 2 aromatic carbocycles. The van der Waals surface area contributed by atoms with Gasteiger partial charge in [-0.05, 0) is 36.4 Å². The summed E-state index contributed by atoms with van der Waals surface area (Å²) in [4.78, 5) is 0.899. The van der Waals surface area contributed by atoms with Crippen molar-refractivity contribution < 1.29 is 4.39 Å². The fourth-order valence-electron chi connectivity index (χ4n) is 2.03. The van der Waals surface area contributed by atoms with E-state index >= 15 is 0 Å². The number of benzene rings is 2. The quantitative estimate of drug-likeness (QED) is 0.687. The second kappa shape index (κ2) is 8.04. The summed E-state index contributed by atoms with van der Waals surface area (Å²) in [6.45, 7) is 2.86. The van der Waals surface area contributed by atoms with Crippen LogP contribution in [-0.2, 0) is 0 Å². The lowest BCUT2D eigenvalue weighted by molar-refractivity contribution is 0.605. The van der Waals surface area contributed by atoms with E-state index in [9.17, 15) is 4.39 Å². The molecule has 0 aromatic heterocycles. The molecule has 2 aromatic rings. The van der Waals surface area contributed by atoms with Crippen molar-refractivity contribution in [1.29, 1.82) is 0 Å². The molecule has 112 valence electrons. The summed E-state index contributed by atoms with van der Waals surface area (Å²) in [6, 6.07) is 12.3. The van der Waals surface area contributed by atoms with Crippen LogP contribution in [0.1, 0.15) is 18.5 Å². The first-order valence-corrected chi connectivity index (χ1v) is 8.41. The van der Waals surface area contributed by atoms with E-state index in [1.54, 1.807) is 23.9 Å². The highest BCUT2D eigenvalue weighted by Gasteiger charge is 2.16. The standard InChI is InChI=1S/C16H16Cl2FNS/c1-2-20-15(13-7-4-8-14(17)16(13)18)10-21-12-6-3-5-11(19)9-12/h3-9,15,20H,2,10H2,1H3. The molecule has 0 radical (unpaired) electrons. The van der Waals surface area contributed by atoms with Gasteiger partial charge in [0.1, 0.15) is 5.82 Å². The van der Waals surface area contributed by atoms with Crippen LogP contribution in [0, 0.1) is 5.82 Å². The van der Waals surface area contributed by atoms with Gasteiger partial charge in [0.25, 0.3) is 0 Å². The van der Waals surface area contributed by atoms with Crippen LogP contribution in [0.4, 0.5) is 4.39 Å². The van der Waals surface area contributed by atoms with E-state index in [-0.39, 0.29) is 11.9 Å². The van der Waals surface area contributed by atoms with Crippen molar-refractivity contribution >= 4 is 35.0 Å². The lowest BCUT2D eigenvalue weighted by atomic mass is 10.1. The van der Waals surface area contributed by atoms with E-state index in [0.717, 1.165) is 22.8 Å². The molecule has 1 unspecified atom stereocenters. The molecule has 0 heterocycles. The van der Waals surface area contributed by atoms with Crippen LogP contribution in [0.25, 0.3) is 0 Å². The topological polar surface area (TPSA) is 12.0 Å². The summed E-state index contributed by atoms with van der Waals surface area (Å²) in [7, 11) is 0. The molecule has 2 rings (SSSR count).